The minimum absolute atomic E-state index is 0.164. The molecule has 1 aliphatic rings. The second kappa shape index (κ2) is 8.79. The average molecular weight is 283 g/mol. The molecule has 1 N–H and O–H groups in total. The molecule has 0 spiro atoms. The van der Waals surface area contributed by atoms with Crippen LogP contribution in [0.2, 0.25) is 0 Å². The van der Waals surface area contributed by atoms with Crippen molar-refractivity contribution in [1.29, 1.82) is 0 Å². The summed E-state index contributed by atoms with van der Waals surface area (Å²) in [6.07, 6.45) is 1.06. The summed E-state index contributed by atoms with van der Waals surface area (Å²) >= 11 is 0. The normalized spacial score (nSPS) is 16.8. The summed E-state index contributed by atoms with van der Waals surface area (Å²) in [4.78, 5) is 22.3. The van der Waals surface area contributed by atoms with Gasteiger partial charge in [-0.1, -0.05) is 0 Å². The third kappa shape index (κ3) is 5.77. The second-order valence-corrected chi connectivity index (χ2v) is 5.39. The first-order valence-corrected chi connectivity index (χ1v) is 7.48. The van der Waals surface area contributed by atoms with Gasteiger partial charge in [-0.15, -0.1) is 0 Å². The lowest BCUT2D eigenvalue weighted by molar-refractivity contribution is -0.130. The Kier molecular flexibility index (Phi) is 7.36. The predicted molar refractivity (Wildman–Crippen MR) is 83.0 cm³/mol. The van der Waals surface area contributed by atoms with Crippen molar-refractivity contribution in [3.05, 3.63) is 0 Å². The number of aliphatic imine (C=N–C) groups is 1. The number of carbonyl (C=O) groups is 1. The molecule has 0 aromatic rings. The van der Waals surface area contributed by atoms with Crippen LogP contribution in [-0.2, 0) is 4.79 Å². The molecule has 1 fully saturated rings. The summed E-state index contributed by atoms with van der Waals surface area (Å²) in [5.41, 5.74) is 0. The summed E-state index contributed by atoms with van der Waals surface area (Å²) in [6, 6.07) is 0. The van der Waals surface area contributed by atoms with E-state index in [9.17, 15) is 4.79 Å². The Morgan fingerprint density at radius 1 is 1.20 bits per heavy atom. The fraction of sp³-hybridized carbons (Fsp3) is 0.857. The van der Waals surface area contributed by atoms with Crippen LogP contribution in [-0.4, -0.2) is 86.5 Å². The van der Waals surface area contributed by atoms with Gasteiger partial charge >= 0.3 is 0 Å². The molecule has 1 rings (SSSR count). The highest BCUT2D eigenvalue weighted by molar-refractivity contribution is 5.80. The van der Waals surface area contributed by atoms with E-state index in [2.05, 4.69) is 41.1 Å². The highest BCUT2D eigenvalue weighted by Gasteiger charge is 2.20. The minimum Gasteiger partial charge on any atom is -0.357 e. The molecule has 1 amide bonds. The van der Waals surface area contributed by atoms with Crippen LogP contribution < -0.4 is 5.32 Å². The Morgan fingerprint density at radius 2 is 1.80 bits per heavy atom. The minimum atomic E-state index is 0.164. The zero-order chi connectivity index (χ0) is 15.0. The van der Waals surface area contributed by atoms with E-state index in [0.717, 1.165) is 58.2 Å². The maximum absolute atomic E-state index is 11.3. The summed E-state index contributed by atoms with van der Waals surface area (Å²) in [5, 5.41) is 3.34. The van der Waals surface area contributed by atoms with Crippen molar-refractivity contribution in [2.24, 2.45) is 4.99 Å². The van der Waals surface area contributed by atoms with Gasteiger partial charge in [0.25, 0.3) is 0 Å². The van der Waals surface area contributed by atoms with Gasteiger partial charge in [0, 0.05) is 46.2 Å². The number of rotatable bonds is 5. The Morgan fingerprint density at radius 3 is 2.30 bits per heavy atom. The smallest absolute Gasteiger partial charge is 0.219 e. The van der Waals surface area contributed by atoms with Crippen molar-refractivity contribution < 1.29 is 4.79 Å². The lowest BCUT2D eigenvalue weighted by Gasteiger charge is -2.36. The van der Waals surface area contributed by atoms with Crippen LogP contribution in [0.4, 0.5) is 0 Å². The molecule has 0 atom stereocenters. The van der Waals surface area contributed by atoms with E-state index in [-0.39, 0.29) is 5.91 Å². The third-order valence-corrected chi connectivity index (χ3v) is 3.38. The van der Waals surface area contributed by atoms with Crippen LogP contribution in [0.3, 0.4) is 0 Å². The molecule has 0 radical (unpaired) electrons. The van der Waals surface area contributed by atoms with Crippen molar-refractivity contribution in [2.45, 2.75) is 20.3 Å². The standard InChI is InChI=1S/C14H29N5O/c1-5-15-14(16-7-6-8-17(3)4)19-11-9-18(10-12-19)13(2)20/h5-12H2,1-4H3,(H,15,16). The first-order valence-electron chi connectivity index (χ1n) is 7.48. The highest BCUT2D eigenvalue weighted by Crippen LogP contribution is 2.03. The summed E-state index contributed by atoms with van der Waals surface area (Å²) in [5.74, 6) is 1.15. The average Bonchev–Trinajstić information content (AvgIpc) is 2.42. The summed E-state index contributed by atoms with van der Waals surface area (Å²) in [7, 11) is 4.16. The molecule has 20 heavy (non-hydrogen) atoms. The number of hydrogen-bond donors (Lipinski definition) is 1. The van der Waals surface area contributed by atoms with Crippen molar-refractivity contribution in [1.82, 2.24) is 20.0 Å². The second-order valence-electron chi connectivity index (χ2n) is 5.39. The molecule has 116 valence electrons. The maximum atomic E-state index is 11.3. The fourth-order valence-electron chi connectivity index (χ4n) is 2.23. The first kappa shape index (κ1) is 16.8. The number of guanidine groups is 1. The monoisotopic (exact) mass is 283 g/mol. The number of amides is 1. The molecule has 0 aromatic carbocycles. The van der Waals surface area contributed by atoms with Crippen LogP contribution >= 0.6 is 0 Å². The first-order chi connectivity index (χ1) is 9.54. The Hall–Kier alpha value is -1.30. The zero-order valence-corrected chi connectivity index (χ0v) is 13.4. The van der Waals surface area contributed by atoms with Crippen molar-refractivity contribution in [3.63, 3.8) is 0 Å². The van der Waals surface area contributed by atoms with Gasteiger partial charge in [0.2, 0.25) is 5.91 Å². The van der Waals surface area contributed by atoms with Crippen molar-refractivity contribution >= 4 is 11.9 Å². The molecular formula is C14H29N5O. The lowest BCUT2D eigenvalue weighted by Crippen LogP contribution is -2.53. The van der Waals surface area contributed by atoms with Crippen LogP contribution in [0.25, 0.3) is 0 Å². The Bertz CT molecular complexity index is 322. The lowest BCUT2D eigenvalue weighted by atomic mass is 10.3. The van der Waals surface area contributed by atoms with Crippen LogP contribution in [0.15, 0.2) is 4.99 Å². The van der Waals surface area contributed by atoms with Gasteiger partial charge in [-0.3, -0.25) is 9.79 Å². The molecular weight excluding hydrogens is 254 g/mol. The topological polar surface area (TPSA) is 51.2 Å². The SMILES string of the molecule is CCNC(=NCCCN(C)C)N1CCN(C(C)=O)CC1. The van der Waals surface area contributed by atoms with E-state index in [1.807, 2.05) is 4.90 Å². The number of nitrogens with one attached hydrogen (secondary N) is 1. The van der Waals surface area contributed by atoms with Crippen LogP contribution in [0.5, 0.6) is 0 Å². The van der Waals surface area contributed by atoms with Gasteiger partial charge in [-0.25, -0.2) is 0 Å². The fourth-order valence-corrected chi connectivity index (χ4v) is 2.23. The molecule has 0 unspecified atom stereocenters. The number of carbonyl (C=O) groups excluding carboxylic acids is 1. The van der Waals surface area contributed by atoms with Crippen molar-refractivity contribution in [3.8, 4) is 0 Å². The molecule has 1 saturated heterocycles. The molecule has 6 nitrogen and oxygen atoms in total. The largest absolute Gasteiger partial charge is 0.357 e. The Balaban J connectivity index is 2.45. The van der Waals surface area contributed by atoms with E-state index >= 15 is 0 Å². The zero-order valence-electron chi connectivity index (χ0n) is 13.4. The molecule has 0 aliphatic carbocycles. The van der Waals surface area contributed by atoms with Crippen LogP contribution in [0, 0.1) is 0 Å². The maximum Gasteiger partial charge on any atom is 0.219 e. The predicted octanol–water partition coefficient (Wildman–Crippen LogP) is 0.0677. The van der Waals surface area contributed by atoms with Crippen molar-refractivity contribution in [2.75, 3.05) is 59.9 Å². The number of piperazine rings is 1. The highest BCUT2D eigenvalue weighted by atomic mass is 16.2. The molecule has 0 bridgehead atoms. The van der Waals surface area contributed by atoms with E-state index in [1.54, 1.807) is 6.92 Å². The molecule has 6 heteroatoms. The molecule has 0 saturated carbocycles. The van der Waals surface area contributed by atoms with E-state index in [1.165, 1.54) is 0 Å². The summed E-state index contributed by atoms with van der Waals surface area (Å²) in [6.45, 7) is 9.79. The van der Waals surface area contributed by atoms with Gasteiger partial charge in [0.15, 0.2) is 5.96 Å². The van der Waals surface area contributed by atoms with Crippen LogP contribution in [0.1, 0.15) is 20.3 Å². The van der Waals surface area contributed by atoms with E-state index < -0.39 is 0 Å². The van der Waals surface area contributed by atoms with Gasteiger partial charge in [-0.2, -0.15) is 0 Å². The number of hydrogen-bond acceptors (Lipinski definition) is 3. The van der Waals surface area contributed by atoms with E-state index in [0.29, 0.717) is 0 Å². The van der Waals surface area contributed by atoms with Gasteiger partial charge < -0.3 is 20.0 Å². The molecule has 1 aliphatic heterocycles. The summed E-state index contributed by atoms with van der Waals surface area (Å²) < 4.78 is 0. The quantitative estimate of drug-likeness (QED) is 0.441. The Labute approximate surface area is 122 Å². The van der Waals surface area contributed by atoms with E-state index in [4.69, 9.17) is 0 Å². The van der Waals surface area contributed by atoms with Gasteiger partial charge in [0.1, 0.15) is 0 Å². The number of nitrogens with zero attached hydrogens (tertiary/aromatic N) is 4. The van der Waals surface area contributed by atoms with Gasteiger partial charge in [0.05, 0.1) is 0 Å². The molecule has 1 heterocycles. The third-order valence-electron chi connectivity index (χ3n) is 3.38. The molecule has 0 aromatic heterocycles. The van der Waals surface area contributed by atoms with Gasteiger partial charge in [-0.05, 0) is 34.0 Å².